The van der Waals surface area contributed by atoms with Crippen LogP contribution in [-0.4, -0.2) is 24.5 Å². The van der Waals surface area contributed by atoms with Gasteiger partial charge in [0.2, 0.25) is 5.13 Å². The number of nitrogens with zero attached hydrogens (tertiary/aromatic N) is 2. The number of anilines is 2. The van der Waals surface area contributed by atoms with Crippen LogP contribution in [0.15, 0.2) is 53.4 Å². The molecule has 0 unspecified atom stereocenters. The Morgan fingerprint density at radius 2 is 1.89 bits per heavy atom. The first-order chi connectivity index (χ1) is 12.9. The second-order valence-electron chi connectivity index (χ2n) is 5.45. The van der Waals surface area contributed by atoms with Crippen molar-refractivity contribution in [3.05, 3.63) is 64.9 Å². The highest BCUT2D eigenvalue weighted by atomic mass is 32.2. The largest absolute Gasteiger partial charge is 0.322 e. The van der Waals surface area contributed by atoms with E-state index in [9.17, 15) is 17.6 Å². The monoisotopic (exact) mass is 406 g/mol. The highest BCUT2D eigenvalue weighted by Crippen LogP contribution is 2.21. The molecule has 0 bridgehead atoms. The molecule has 2 aromatic carbocycles. The normalized spacial score (nSPS) is 11.2. The number of nitrogens with one attached hydrogen (secondary N) is 2. The summed E-state index contributed by atoms with van der Waals surface area (Å²) < 4.78 is 40.3. The molecule has 0 aliphatic heterocycles. The second kappa shape index (κ2) is 7.80. The van der Waals surface area contributed by atoms with Crippen molar-refractivity contribution < 1.29 is 17.6 Å². The van der Waals surface area contributed by atoms with Crippen LogP contribution in [0, 0.1) is 5.82 Å². The number of aryl methyl sites for hydroxylation is 1. The number of sulfonamides is 1. The highest BCUT2D eigenvalue weighted by molar-refractivity contribution is 7.93. The zero-order chi connectivity index (χ0) is 19.4. The van der Waals surface area contributed by atoms with E-state index in [0.29, 0.717) is 12.1 Å². The lowest BCUT2D eigenvalue weighted by Crippen LogP contribution is -2.14. The number of benzene rings is 2. The molecular formula is C17H15FN4O3S2. The minimum Gasteiger partial charge on any atom is -0.322 e. The highest BCUT2D eigenvalue weighted by Gasteiger charge is 2.17. The third-order valence-electron chi connectivity index (χ3n) is 3.50. The van der Waals surface area contributed by atoms with Crippen molar-refractivity contribution in [2.45, 2.75) is 18.2 Å². The molecule has 0 fully saturated rings. The van der Waals surface area contributed by atoms with Crippen LogP contribution in [0.25, 0.3) is 0 Å². The van der Waals surface area contributed by atoms with Crippen molar-refractivity contribution in [3.8, 4) is 0 Å². The predicted molar refractivity (Wildman–Crippen MR) is 101 cm³/mol. The number of hydrogen-bond acceptors (Lipinski definition) is 6. The first kappa shape index (κ1) is 18.9. The standard InChI is InChI=1S/C17H15FN4O3S2/c1-2-15-20-21-17(26-15)22-27(24,25)14-8-6-13(7-9-14)19-16(23)11-4-3-5-12(18)10-11/h3-10H,2H2,1H3,(H,19,23)(H,21,22). The zero-order valence-corrected chi connectivity index (χ0v) is 15.8. The van der Waals surface area contributed by atoms with E-state index in [1.165, 1.54) is 42.5 Å². The summed E-state index contributed by atoms with van der Waals surface area (Å²) in [5, 5.41) is 11.1. The van der Waals surface area contributed by atoms with Crippen molar-refractivity contribution in [2.24, 2.45) is 0 Å². The maximum Gasteiger partial charge on any atom is 0.263 e. The van der Waals surface area contributed by atoms with Crippen molar-refractivity contribution >= 4 is 38.1 Å². The summed E-state index contributed by atoms with van der Waals surface area (Å²) in [5.41, 5.74) is 0.545. The average molecular weight is 406 g/mol. The average Bonchev–Trinajstić information content (AvgIpc) is 3.09. The van der Waals surface area contributed by atoms with E-state index in [-0.39, 0.29) is 15.6 Å². The van der Waals surface area contributed by atoms with Crippen molar-refractivity contribution in [2.75, 3.05) is 10.0 Å². The molecule has 3 rings (SSSR count). The molecule has 1 aromatic heterocycles. The van der Waals surface area contributed by atoms with Crippen LogP contribution in [0.1, 0.15) is 22.3 Å². The predicted octanol–water partition coefficient (Wildman–Crippen LogP) is 3.29. The summed E-state index contributed by atoms with van der Waals surface area (Å²) in [6.45, 7) is 1.90. The van der Waals surface area contributed by atoms with Gasteiger partial charge in [0.1, 0.15) is 10.8 Å². The van der Waals surface area contributed by atoms with Gasteiger partial charge < -0.3 is 5.32 Å². The zero-order valence-electron chi connectivity index (χ0n) is 14.1. The van der Waals surface area contributed by atoms with Gasteiger partial charge in [0.15, 0.2) is 0 Å². The number of carbonyl (C=O) groups is 1. The lowest BCUT2D eigenvalue weighted by atomic mass is 10.2. The molecule has 0 saturated carbocycles. The van der Waals surface area contributed by atoms with Crippen LogP contribution in [0.5, 0.6) is 0 Å². The first-order valence-electron chi connectivity index (χ1n) is 7.89. The summed E-state index contributed by atoms with van der Waals surface area (Å²) in [7, 11) is -3.82. The lowest BCUT2D eigenvalue weighted by Gasteiger charge is -2.08. The van der Waals surface area contributed by atoms with Gasteiger partial charge in [-0.2, -0.15) is 0 Å². The molecule has 0 saturated heterocycles. The third-order valence-corrected chi connectivity index (χ3v) is 5.97. The van der Waals surface area contributed by atoms with Crippen LogP contribution in [0.2, 0.25) is 0 Å². The Morgan fingerprint density at radius 3 is 2.52 bits per heavy atom. The molecule has 140 valence electrons. The van der Waals surface area contributed by atoms with E-state index < -0.39 is 21.7 Å². The van der Waals surface area contributed by atoms with Crippen LogP contribution >= 0.6 is 11.3 Å². The van der Waals surface area contributed by atoms with Gasteiger partial charge in [-0.3, -0.25) is 9.52 Å². The van der Waals surface area contributed by atoms with E-state index in [1.54, 1.807) is 0 Å². The van der Waals surface area contributed by atoms with Crippen LogP contribution in [0.4, 0.5) is 15.2 Å². The molecule has 2 N–H and O–H groups in total. The van der Waals surface area contributed by atoms with Gasteiger partial charge in [0, 0.05) is 11.3 Å². The molecule has 3 aromatic rings. The maximum atomic E-state index is 13.2. The first-order valence-corrected chi connectivity index (χ1v) is 10.2. The van der Waals surface area contributed by atoms with E-state index in [2.05, 4.69) is 20.2 Å². The Bertz CT molecular complexity index is 1070. The van der Waals surface area contributed by atoms with Gasteiger partial charge in [-0.15, -0.1) is 10.2 Å². The molecule has 0 aliphatic rings. The van der Waals surface area contributed by atoms with E-state index in [1.807, 2.05) is 6.92 Å². The molecule has 7 nitrogen and oxygen atoms in total. The Hall–Kier alpha value is -2.85. The third kappa shape index (κ3) is 4.66. The fourth-order valence-electron chi connectivity index (χ4n) is 2.16. The molecule has 0 spiro atoms. The molecule has 0 radical (unpaired) electrons. The van der Waals surface area contributed by atoms with Gasteiger partial charge in [-0.1, -0.05) is 24.3 Å². The smallest absolute Gasteiger partial charge is 0.263 e. The summed E-state index contributed by atoms with van der Waals surface area (Å²) in [5.74, 6) is -1.01. The van der Waals surface area contributed by atoms with Gasteiger partial charge >= 0.3 is 0 Å². The van der Waals surface area contributed by atoms with Crippen LogP contribution in [0.3, 0.4) is 0 Å². The fraction of sp³-hybridized carbons (Fsp3) is 0.118. The topological polar surface area (TPSA) is 101 Å². The Balaban J connectivity index is 1.71. The Kier molecular flexibility index (Phi) is 5.47. The second-order valence-corrected chi connectivity index (χ2v) is 8.19. The lowest BCUT2D eigenvalue weighted by molar-refractivity contribution is 0.102. The number of rotatable bonds is 6. The van der Waals surface area contributed by atoms with Gasteiger partial charge in [-0.05, 0) is 48.9 Å². The molecule has 1 amide bonds. The summed E-state index contributed by atoms with van der Waals surface area (Å²) >= 11 is 1.16. The number of carbonyl (C=O) groups excluding carboxylic acids is 1. The minimum absolute atomic E-state index is 0.0134. The molecule has 1 heterocycles. The summed E-state index contributed by atoms with van der Waals surface area (Å²) in [6, 6.07) is 10.9. The molecule has 10 heteroatoms. The molecular weight excluding hydrogens is 391 g/mol. The Labute approximate surface area is 159 Å². The molecule has 27 heavy (non-hydrogen) atoms. The van der Waals surface area contributed by atoms with Gasteiger partial charge in [0.05, 0.1) is 4.90 Å². The number of amides is 1. The van der Waals surface area contributed by atoms with Crippen LogP contribution < -0.4 is 10.0 Å². The van der Waals surface area contributed by atoms with Crippen molar-refractivity contribution in [1.29, 1.82) is 0 Å². The van der Waals surface area contributed by atoms with Crippen molar-refractivity contribution in [3.63, 3.8) is 0 Å². The van der Waals surface area contributed by atoms with E-state index >= 15 is 0 Å². The minimum atomic E-state index is -3.82. The summed E-state index contributed by atoms with van der Waals surface area (Å²) in [6.07, 6.45) is 0.666. The number of hydrogen-bond donors (Lipinski definition) is 2. The maximum absolute atomic E-state index is 13.2. The van der Waals surface area contributed by atoms with E-state index in [4.69, 9.17) is 0 Å². The van der Waals surface area contributed by atoms with Crippen LogP contribution in [-0.2, 0) is 16.4 Å². The number of aromatic nitrogens is 2. The Morgan fingerprint density at radius 1 is 1.15 bits per heavy atom. The fourth-order valence-corrected chi connectivity index (χ4v) is 4.07. The van der Waals surface area contributed by atoms with Crippen molar-refractivity contribution in [1.82, 2.24) is 10.2 Å². The number of halogens is 1. The van der Waals surface area contributed by atoms with Gasteiger partial charge in [0.25, 0.3) is 15.9 Å². The molecule has 0 aliphatic carbocycles. The quantitative estimate of drug-likeness (QED) is 0.654. The van der Waals surface area contributed by atoms with E-state index in [0.717, 1.165) is 22.4 Å². The molecule has 0 atom stereocenters. The van der Waals surface area contributed by atoms with Gasteiger partial charge in [-0.25, -0.2) is 12.8 Å². The summed E-state index contributed by atoms with van der Waals surface area (Å²) in [4.78, 5) is 12.1. The SMILES string of the molecule is CCc1nnc(NS(=O)(=O)c2ccc(NC(=O)c3cccc(F)c3)cc2)s1.